The summed E-state index contributed by atoms with van der Waals surface area (Å²) in [5, 5.41) is 1.12. The molecule has 0 aliphatic rings. The molecule has 0 saturated carbocycles. The average molecular weight is 612 g/mol. The van der Waals surface area contributed by atoms with Gasteiger partial charge in [0, 0.05) is 0 Å². The van der Waals surface area contributed by atoms with Gasteiger partial charge in [0.25, 0.3) is 0 Å². The normalized spacial score (nSPS) is 12.3. The molecule has 5 aromatic rings. The minimum absolute atomic E-state index is 0.686. The number of hydrogen-bond donors (Lipinski definition) is 0. The van der Waals surface area contributed by atoms with Crippen molar-refractivity contribution in [3.63, 3.8) is 0 Å². The van der Waals surface area contributed by atoms with Gasteiger partial charge in [-0.15, -0.1) is 0 Å². The van der Waals surface area contributed by atoms with Crippen molar-refractivity contribution in [3.05, 3.63) is 151 Å². The van der Waals surface area contributed by atoms with Crippen LogP contribution in [0.5, 0.6) is 11.5 Å². The van der Waals surface area contributed by atoms with Crippen molar-refractivity contribution >= 4 is 36.7 Å². The van der Waals surface area contributed by atoms with E-state index < -0.39 is 5.31 Å². The molecule has 5 rings (SSSR count). The first kappa shape index (κ1) is 28.1. The quantitative estimate of drug-likeness (QED) is 0.0985. The molecule has 0 bridgehead atoms. The second-order valence-electron chi connectivity index (χ2n) is 10.0. The van der Waals surface area contributed by atoms with Gasteiger partial charge in [0.2, 0.25) is 0 Å². The van der Waals surface area contributed by atoms with Gasteiger partial charge in [0.15, 0.2) is 0 Å². The third kappa shape index (κ3) is 6.33. The second kappa shape index (κ2) is 13.3. The molecule has 0 N–H and O–H groups in total. The Bertz CT molecular complexity index is 1340. The Hall–Kier alpha value is -3.39. The first-order valence-corrected chi connectivity index (χ1v) is 18.4. The predicted octanol–water partition coefficient (Wildman–Crippen LogP) is 8.31. The molecule has 0 atom stereocenters. The molecule has 40 heavy (non-hydrogen) atoms. The van der Waals surface area contributed by atoms with E-state index in [1.807, 2.05) is 30.3 Å². The summed E-state index contributed by atoms with van der Waals surface area (Å²) in [7, 11) is 0. The molecule has 204 valence electrons. The molecule has 0 aliphatic carbocycles. The summed E-state index contributed by atoms with van der Waals surface area (Å²) in [6.07, 6.45) is 3.84. The molecule has 0 aromatic heterocycles. The number of aryl methyl sites for hydroxylation is 1. The van der Waals surface area contributed by atoms with Gasteiger partial charge in [-0.3, -0.25) is 0 Å². The van der Waals surface area contributed by atoms with Crippen LogP contribution in [0.3, 0.4) is 0 Å². The van der Waals surface area contributed by atoms with Crippen LogP contribution in [0, 0.1) is 0 Å². The average Bonchev–Trinajstić information content (AvgIpc) is 3.04. The second-order valence-corrected chi connectivity index (χ2v) is 19.1. The van der Waals surface area contributed by atoms with Crippen LogP contribution in [0.25, 0.3) is 0 Å². The minimum atomic E-state index is -2.93. The molecule has 0 unspecified atom stereocenters. The summed E-state index contributed by atoms with van der Waals surface area (Å²) in [6.45, 7) is 1.39. The van der Waals surface area contributed by atoms with Gasteiger partial charge in [-0.2, -0.15) is 0 Å². The van der Waals surface area contributed by atoms with Crippen LogP contribution in [0.4, 0.5) is 0 Å². The van der Waals surface area contributed by atoms with E-state index in [9.17, 15) is 0 Å². The van der Waals surface area contributed by atoms with Gasteiger partial charge in [0.05, 0.1) is 0 Å². The van der Waals surface area contributed by atoms with Gasteiger partial charge in [0.1, 0.15) is 5.75 Å². The molecule has 0 saturated heterocycles. The van der Waals surface area contributed by atoms with Crippen LogP contribution in [0.2, 0.25) is 0 Å². The molecule has 5 aromatic carbocycles. The zero-order chi connectivity index (χ0) is 27.5. The SMILES string of the molecule is BrP(CCc1ccc(OCCCCOc2ccccc2)cc1)(c1ccccc1)(c1ccccc1)c1ccccc1. The van der Waals surface area contributed by atoms with Crippen LogP contribution in [-0.4, -0.2) is 19.4 Å². The number of halogens is 1. The van der Waals surface area contributed by atoms with Gasteiger partial charge in [-0.25, -0.2) is 0 Å². The van der Waals surface area contributed by atoms with E-state index in [2.05, 4.69) is 131 Å². The van der Waals surface area contributed by atoms with Crippen molar-refractivity contribution in [2.45, 2.75) is 19.3 Å². The monoisotopic (exact) mass is 610 g/mol. The van der Waals surface area contributed by atoms with Crippen LogP contribution < -0.4 is 25.4 Å². The van der Waals surface area contributed by atoms with E-state index in [0.29, 0.717) is 13.2 Å². The summed E-state index contributed by atoms with van der Waals surface area (Å²) in [4.78, 5) is 0. The Morgan fingerprint density at radius 1 is 0.450 bits per heavy atom. The number of unbranched alkanes of at least 4 members (excludes halogenated alkanes) is 1. The summed E-state index contributed by atoms with van der Waals surface area (Å²) < 4.78 is 11.8. The molecular formula is C36H36BrO2P. The van der Waals surface area contributed by atoms with E-state index in [1.165, 1.54) is 21.5 Å². The van der Waals surface area contributed by atoms with Crippen molar-refractivity contribution in [2.75, 3.05) is 19.4 Å². The van der Waals surface area contributed by atoms with Gasteiger partial charge < -0.3 is 0 Å². The topological polar surface area (TPSA) is 18.5 Å². The van der Waals surface area contributed by atoms with Crippen LogP contribution >= 0.6 is 20.8 Å². The van der Waals surface area contributed by atoms with Crippen molar-refractivity contribution in [3.8, 4) is 11.5 Å². The number of benzene rings is 5. The molecule has 0 heterocycles. The Morgan fingerprint density at radius 2 is 0.825 bits per heavy atom. The Kier molecular flexibility index (Phi) is 9.37. The zero-order valence-electron chi connectivity index (χ0n) is 22.7. The molecule has 0 radical (unpaired) electrons. The zero-order valence-corrected chi connectivity index (χ0v) is 25.2. The maximum absolute atomic E-state index is 6.03. The van der Waals surface area contributed by atoms with Crippen molar-refractivity contribution in [1.82, 2.24) is 0 Å². The molecule has 0 amide bonds. The summed E-state index contributed by atoms with van der Waals surface area (Å²) in [6, 6.07) is 51.5. The molecule has 4 heteroatoms. The Morgan fingerprint density at radius 3 is 1.25 bits per heavy atom. The maximum atomic E-state index is 6.03. The van der Waals surface area contributed by atoms with E-state index in [-0.39, 0.29) is 0 Å². The van der Waals surface area contributed by atoms with Gasteiger partial charge in [-0.05, 0) is 12.1 Å². The van der Waals surface area contributed by atoms with E-state index in [1.54, 1.807) is 0 Å². The summed E-state index contributed by atoms with van der Waals surface area (Å²) >= 11 is 4.55. The van der Waals surface area contributed by atoms with Crippen LogP contribution in [0.15, 0.2) is 146 Å². The fraction of sp³-hybridized carbons (Fsp3) is 0.167. The first-order chi connectivity index (χ1) is 19.7. The van der Waals surface area contributed by atoms with Crippen LogP contribution in [0.1, 0.15) is 18.4 Å². The van der Waals surface area contributed by atoms with Crippen molar-refractivity contribution < 1.29 is 9.47 Å². The van der Waals surface area contributed by atoms with Gasteiger partial charge >= 0.3 is 211 Å². The summed E-state index contributed by atoms with van der Waals surface area (Å²) in [5.41, 5.74) is 1.31. The molecule has 0 spiro atoms. The fourth-order valence-electron chi connectivity index (χ4n) is 5.24. The van der Waals surface area contributed by atoms with Gasteiger partial charge in [-0.1, -0.05) is 18.2 Å². The number of rotatable bonds is 13. The van der Waals surface area contributed by atoms with Crippen molar-refractivity contribution in [1.29, 1.82) is 0 Å². The molecular weight excluding hydrogens is 575 g/mol. The molecule has 0 aliphatic heterocycles. The third-order valence-electron chi connectivity index (χ3n) is 7.45. The molecule has 2 nitrogen and oxygen atoms in total. The Balaban J connectivity index is 1.28. The third-order valence-corrected chi connectivity index (χ3v) is 17.4. The molecule has 0 fully saturated rings. The Labute approximate surface area is 246 Å². The first-order valence-electron chi connectivity index (χ1n) is 14.0. The van der Waals surface area contributed by atoms with Crippen LogP contribution in [-0.2, 0) is 6.42 Å². The van der Waals surface area contributed by atoms with E-state index >= 15 is 0 Å². The fourth-order valence-corrected chi connectivity index (χ4v) is 12.6. The number of para-hydroxylation sites is 1. The van der Waals surface area contributed by atoms with E-state index in [0.717, 1.165) is 36.9 Å². The number of hydrogen-bond acceptors (Lipinski definition) is 2. The van der Waals surface area contributed by atoms with E-state index in [4.69, 9.17) is 9.47 Å². The summed E-state index contributed by atoms with van der Waals surface area (Å²) in [5.74, 6) is 1.83. The number of ether oxygens (including phenoxy) is 2. The van der Waals surface area contributed by atoms with Crippen molar-refractivity contribution in [2.24, 2.45) is 0 Å². The standard InChI is InChI=1S/C36H36BrO2P/c37-40(34-17-7-2-8-18-34,35-19-9-3-10-20-35,36-21-11-4-12-22-36)30-27-31-23-25-33(26-24-31)39-29-14-13-28-38-32-15-5-1-6-16-32/h1-12,15-26H,13-14,27-30H2. The predicted molar refractivity (Wildman–Crippen MR) is 176 cm³/mol.